The minimum atomic E-state index is 0.479. The van der Waals surface area contributed by atoms with Crippen LogP contribution < -0.4 is 10.1 Å². The van der Waals surface area contributed by atoms with Crippen molar-refractivity contribution in [3.05, 3.63) is 40.8 Å². The van der Waals surface area contributed by atoms with Gasteiger partial charge in [-0.15, -0.1) is 11.3 Å². The fourth-order valence-corrected chi connectivity index (χ4v) is 2.64. The van der Waals surface area contributed by atoms with Gasteiger partial charge in [-0.3, -0.25) is 4.40 Å². The average molecular weight is 295 g/mol. The number of rotatable bonds is 4. The maximum absolute atomic E-state index is 5.75. The summed E-state index contributed by atoms with van der Waals surface area (Å²) in [6.45, 7) is 0.602. The van der Waals surface area contributed by atoms with Gasteiger partial charge in [-0.05, 0) is 12.1 Å². The molecule has 0 atom stereocenters. The van der Waals surface area contributed by atoms with Gasteiger partial charge in [0.15, 0.2) is 4.96 Å². The van der Waals surface area contributed by atoms with Crippen molar-refractivity contribution in [2.45, 2.75) is 6.54 Å². The highest BCUT2D eigenvalue weighted by molar-refractivity contribution is 7.15. The van der Waals surface area contributed by atoms with Crippen LogP contribution in [-0.2, 0) is 6.54 Å². The molecule has 0 aliphatic rings. The van der Waals surface area contributed by atoms with E-state index >= 15 is 0 Å². The Morgan fingerprint density at radius 2 is 2.37 bits per heavy atom. The fraction of sp³-hybridized carbons (Fsp3) is 0.167. The van der Waals surface area contributed by atoms with Crippen LogP contribution in [0.5, 0.6) is 5.88 Å². The van der Waals surface area contributed by atoms with Crippen molar-refractivity contribution in [3.8, 4) is 5.88 Å². The third kappa shape index (κ3) is 2.36. The van der Waals surface area contributed by atoms with E-state index in [-0.39, 0.29) is 0 Å². The highest BCUT2D eigenvalue weighted by atomic mass is 35.5. The summed E-state index contributed by atoms with van der Waals surface area (Å²) in [5.74, 6) is 0.640. The van der Waals surface area contributed by atoms with E-state index in [0.29, 0.717) is 17.6 Å². The number of pyridine rings is 1. The molecule has 3 rings (SSSR count). The lowest BCUT2D eigenvalue weighted by Crippen LogP contribution is -2.03. The third-order valence-electron chi connectivity index (χ3n) is 2.71. The number of hydrogen-bond donors (Lipinski definition) is 1. The Bertz CT molecular complexity index is 691. The van der Waals surface area contributed by atoms with Crippen molar-refractivity contribution < 1.29 is 4.74 Å². The van der Waals surface area contributed by atoms with Crippen LogP contribution in [-0.4, -0.2) is 21.5 Å². The molecule has 3 aromatic rings. The van der Waals surface area contributed by atoms with E-state index in [1.54, 1.807) is 30.7 Å². The van der Waals surface area contributed by atoms with Gasteiger partial charge in [0.05, 0.1) is 25.5 Å². The number of hydrogen-bond acceptors (Lipinski definition) is 5. The zero-order valence-corrected chi connectivity index (χ0v) is 11.7. The molecule has 19 heavy (non-hydrogen) atoms. The summed E-state index contributed by atoms with van der Waals surface area (Å²) < 4.78 is 7.31. The molecule has 0 bridgehead atoms. The van der Waals surface area contributed by atoms with Crippen LogP contribution in [0.25, 0.3) is 4.96 Å². The first-order valence-corrected chi connectivity index (χ1v) is 6.87. The first-order valence-electron chi connectivity index (χ1n) is 5.62. The van der Waals surface area contributed by atoms with Gasteiger partial charge in [-0.1, -0.05) is 11.6 Å². The van der Waals surface area contributed by atoms with Gasteiger partial charge in [-0.25, -0.2) is 4.98 Å². The Balaban J connectivity index is 1.84. The summed E-state index contributed by atoms with van der Waals surface area (Å²) in [5.41, 5.74) is 1.88. The van der Waals surface area contributed by atoms with E-state index in [1.165, 1.54) is 0 Å². The minimum absolute atomic E-state index is 0.479. The van der Waals surface area contributed by atoms with Crippen molar-refractivity contribution in [1.82, 2.24) is 14.4 Å². The number of fused-ring (bicyclic) bond motifs is 1. The number of nitrogens with zero attached hydrogens (tertiary/aromatic N) is 3. The molecule has 98 valence electrons. The van der Waals surface area contributed by atoms with Crippen molar-refractivity contribution in [2.75, 3.05) is 12.4 Å². The molecule has 0 fully saturated rings. The molecule has 7 heteroatoms. The lowest BCUT2D eigenvalue weighted by molar-refractivity contribution is 0.395. The number of anilines is 1. The molecular formula is C12H11ClN4OS. The lowest BCUT2D eigenvalue weighted by atomic mass is 10.4. The molecule has 0 radical (unpaired) electrons. The van der Waals surface area contributed by atoms with Crippen LogP contribution in [0, 0.1) is 0 Å². The fourth-order valence-electron chi connectivity index (χ4n) is 1.80. The smallest absolute Gasteiger partial charge is 0.238 e. The van der Waals surface area contributed by atoms with Gasteiger partial charge in [0.1, 0.15) is 10.8 Å². The molecule has 3 aromatic heterocycles. The zero-order valence-electron chi connectivity index (χ0n) is 10.1. The largest absolute Gasteiger partial charge is 0.480 e. The van der Waals surface area contributed by atoms with Crippen LogP contribution in [0.1, 0.15) is 5.69 Å². The standard InChI is InChI=1S/C12H11ClN4OS/c1-18-11-9(17-4-5-19-12(17)16-11)7-14-8-2-3-10(13)15-6-8/h2-6,14H,7H2,1H3. The summed E-state index contributed by atoms with van der Waals surface area (Å²) in [6.07, 6.45) is 3.67. The molecule has 0 spiro atoms. The average Bonchev–Trinajstić information content (AvgIpc) is 2.99. The van der Waals surface area contributed by atoms with E-state index in [1.807, 2.05) is 22.0 Å². The number of nitrogens with one attached hydrogen (secondary N) is 1. The molecule has 0 aliphatic carbocycles. The topological polar surface area (TPSA) is 51.5 Å². The Morgan fingerprint density at radius 1 is 1.47 bits per heavy atom. The maximum atomic E-state index is 5.75. The van der Waals surface area contributed by atoms with Gasteiger partial charge in [0, 0.05) is 11.6 Å². The monoisotopic (exact) mass is 294 g/mol. The molecule has 0 aromatic carbocycles. The molecule has 0 saturated heterocycles. The van der Waals surface area contributed by atoms with E-state index < -0.39 is 0 Å². The molecule has 1 N–H and O–H groups in total. The number of halogens is 1. The Kier molecular flexibility index (Phi) is 3.27. The van der Waals surface area contributed by atoms with Crippen molar-refractivity contribution in [2.24, 2.45) is 0 Å². The van der Waals surface area contributed by atoms with E-state index in [2.05, 4.69) is 15.3 Å². The minimum Gasteiger partial charge on any atom is -0.480 e. The van der Waals surface area contributed by atoms with Crippen molar-refractivity contribution >= 4 is 33.6 Å². The van der Waals surface area contributed by atoms with Gasteiger partial charge < -0.3 is 10.1 Å². The van der Waals surface area contributed by atoms with Gasteiger partial charge in [-0.2, -0.15) is 4.98 Å². The maximum Gasteiger partial charge on any atom is 0.238 e. The molecule has 0 saturated carbocycles. The molecule has 0 unspecified atom stereocenters. The number of methoxy groups -OCH3 is 1. The van der Waals surface area contributed by atoms with Crippen molar-refractivity contribution in [3.63, 3.8) is 0 Å². The summed E-state index contributed by atoms with van der Waals surface area (Å²) >= 11 is 7.33. The van der Waals surface area contributed by atoms with Crippen LogP contribution in [0.15, 0.2) is 29.9 Å². The molecular weight excluding hydrogens is 284 g/mol. The predicted octanol–water partition coefficient (Wildman–Crippen LogP) is 3.06. The Morgan fingerprint density at radius 3 is 3.11 bits per heavy atom. The van der Waals surface area contributed by atoms with Crippen molar-refractivity contribution in [1.29, 1.82) is 0 Å². The Labute approximate surface area is 118 Å². The van der Waals surface area contributed by atoms with Gasteiger partial charge >= 0.3 is 0 Å². The number of ether oxygens (including phenoxy) is 1. The molecule has 3 heterocycles. The first-order chi connectivity index (χ1) is 9.28. The highest BCUT2D eigenvalue weighted by Gasteiger charge is 2.13. The second-order valence-electron chi connectivity index (χ2n) is 3.85. The second kappa shape index (κ2) is 5.07. The second-order valence-corrected chi connectivity index (χ2v) is 5.11. The summed E-state index contributed by atoms with van der Waals surface area (Å²) in [5, 5.41) is 5.75. The molecule has 0 amide bonds. The van der Waals surface area contributed by atoms with Gasteiger partial charge in [0.25, 0.3) is 0 Å². The zero-order chi connectivity index (χ0) is 13.2. The lowest BCUT2D eigenvalue weighted by Gasteiger charge is -2.06. The van der Waals surface area contributed by atoms with E-state index in [9.17, 15) is 0 Å². The van der Waals surface area contributed by atoms with Gasteiger partial charge in [0.2, 0.25) is 5.88 Å². The number of aromatic nitrogens is 3. The Hall–Kier alpha value is -1.79. The predicted molar refractivity (Wildman–Crippen MR) is 76.2 cm³/mol. The van der Waals surface area contributed by atoms with Crippen LogP contribution in [0.2, 0.25) is 5.15 Å². The number of imidazole rings is 1. The van der Waals surface area contributed by atoms with E-state index in [4.69, 9.17) is 16.3 Å². The van der Waals surface area contributed by atoms with Crippen LogP contribution in [0.4, 0.5) is 5.69 Å². The summed E-state index contributed by atoms with van der Waals surface area (Å²) in [7, 11) is 1.62. The highest BCUT2D eigenvalue weighted by Crippen LogP contribution is 2.24. The molecule has 5 nitrogen and oxygen atoms in total. The number of thiazole rings is 1. The SMILES string of the molecule is COc1nc2sccn2c1CNc1ccc(Cl)nc1. The first kappa shape index (κ1) is 12.3. The normalized spacial score (nSPS) is 10.8. The van der Waals surface area contributed by atoms with E-state index in [0.717, 1.165) is 16.3 Å². The molecule has 0 aliphatic heterocycles. The van der Waals surface area contributed by atoms with Crippen LogP contribution in [0.3, 0.4) is 0 Å². The summed E-state index contributed by atoms with van der Waals surface area (Å²) in [6, 6.07) is 3.63. The quantitative estimate of drug-likeness (QED) is 0.751. The third-order valence-corrected chi connectivity index (χ3v) is 3.69. The summed E-state index contributed by atoms with van der Waals surface area (Å²) in [4.78, 5) is 9.34. The van der Waals surface area contributed by atoms with Crippen LogP contribution >= 0.6 is 22.9 Å².